The molecule has 1 atom stereocenters. The molecule has 0 spiro atoms. The Labute approximate surface area is 130 Å². The Hall–Kier alpha value is -1.86. The average Bonchev–Trinajstić information content (AvgIpc) is 3.04. The Morgan fingerprint density at radius 1 is 1.41 bits per heavy atom. The van der Waals surface area contributed by atoms with Gasteiger partial charge in [-0.05, 0) is 0 Å². The van der Waals surface area contributed by atoms with Gasteiger partial charge in [0.2, 0.25) is 0 Å². The van der Waals surface area contributed by atoms with E-state index < -0.39 is 30.9 Å². The van der Waals surface area contributed by atoms with E-state index in [1.807, 2.05) is 30.3 Å². The number of benzene rings is 1. The van der Waals surface area contributed by atoms with E-state index in [0.717, 1.165) is 10.6 Å². The van der Waals surface area contributed by atoms with Gasteiger partial charge in [0.25, 0.3) is 5.92 Å². The van der Waals surface area contributed by atoms with E-state index in [0.29, 0.717) is 5.69 Å². The SMILES string of the molecule is O=C(O)[C@H]1CC(F)(F)CN1Cc1csc(-c2ccccc2)n1. The molecule has 0 amide bonds. The van der Waals surface area contributed by atoms with E-state index in [1.165, 1.54) is 16.2 Å². The first-order valence-electron chi connectivity index (χ1n) is 6.79. The van der Waals surface area contributed by atoms with E-state index in [-0.39, 0.29) is 6.54 Å². The van der Waals surface area contributed by atoms with Crippen molar-refractivity contribution in [1.29, 1.82) is 0 Å². The number of alkyl halides is 2. The van der Waals surface area contributed by atoms with Crippen molar-refractivity contribution in [2.24, 2.45) is 0 Å². The minimum absolute atomic E-state index is 0.121. The second-order valence-electron chi connectivity index (χ2n) is 5.33. The zero-order valence-electron chi connectivity index (χ0n) is 11.6. The molecule has 2 heterocycles. The molecule has 0 bridgehead atoms. The van der Waals surface area contributed by atoms with Crippen LogP contribution in [0.5, 0.6) is 0 Å². The fourth-order valence-electron chi connectivity index (χ4n) is 2.59. The number of halogens is 2. The highest BCUT2D eigenvalue weighted by molar-refractivity contribution is 7.13. The minimum Gasteiger partial charge on any atom is -0.480 e. The Bertz CT molecular complexity index is 675. The lowest BCUT2D eigenvalue weighted by atomic mass is 10.2. The zero-order chi connectivity index (χ0) is 15.7. The van der Waals surface area contributed by atoms with Crippen molar-refractivity contribution in [3.8, 4) is 10.6 Å². The Kier molecular flexibility index (Phi) is 3.92. The summed E-state index contributed by atoms with van der Waals surface area (Å²) in [6.45, 7) is -0.419. The molecule has 1 aliphatic heterocycles. The summed E-state index contributed by atoms with van der Waals surface area (Å²) in [6, 6.07) is 8.40. The van der Waals surface area contributed by atoms with Gasteiger partial charge in [-0.2, -0.15) is 0 Å². The van der Waals surface area contributed by atoms with Crippen molar-refractivity contribution < 1.29 is 18.7 Å². The van der Waals surface area contributed by atoms with Crippen LogP contribution < -0.4 is 0 Å². The predicted octanol–water partition coefficient (Wildman–Crippen LogP) is 3.10. The summed E-state index contributed by atoms with van der Waals surface area (Å²) in [5, 5.41) is 11.7. The van der Waals surface area contributed by atoms with Crippen LogP contribution in [0.3, 0.4) is 0 Å². The van der Waals surface area contributed by atoms with Crippen molar-refractivity contribution in [2.45, 2.75) is 24.9 Å². The van der Waals surface area contributed by atoms with Gasteiger partial charge in [-0.25, -0.2) is 13.8 Å². The smallest absolute Gasteiger partial charge is 0.321 e. The molecule has 2 aromatic rings. The molecule has 116 valence electrons. The molecule has 3 rings (SSSR count). The molecule has 1 N–H and O–H groups in total. The predicted molar refractivity (Wildman–Crippen MR) is 78.9 cm³/mol. The summed E-state index contributed by atoms with van der Waals surface area (Å²) in [6.07, 6.45) is -0.641. The van der Waals surface area contributed by atoms with Crippen LogP contribution in [0.25, 0.3) is 10.6 Å². The number of carboxylic acid groups (broad SMARTS) is 1. The lowest BCUT2D eigenvalue weighted by Gasteiger charge is -2.18. The summed E-state index contributed by atoms with van der Waals surface area (Å²) < 4.78 is 26.9. The standard InChI is InChI=1S/C15H14F2N2O2S/c16-15(17)6-12(14(20)21)19(9-15)7-11-8-22-13(18-11)10-4-2-1-3-5-10/h1-5,8,12H,6-7,9H2,(H,20,21)/t12-/m1/s1. The van der Waals surface area contributed by atoms with Gasteiger partial charge in [0, 0.05) is 23.9 Å². The fourth-order valence-corrected chi connectivity index (χ4v) is 3.41. The molecular formula is C15H14F2N2O2S. The first-order chi connectivity index (χ1) is 10.4. The highest BCUT2D eigenvalue weighted by atomic mass is 32.1. The number of carbonyl (C=O) groups is 1. The maximum absolute atomic E-state index is 13.5. The van der Waals surface area contributed by atoms with Gasteiger partial charge in [-0.1, -0.05) is 30.3 Å². The summed E-state index contributed by atoms with van der Waals surface area (Å²) >= 11 is 1.42. The molecule has 0 radical (unpaired) electrons. The van der Waals surface area contributed by atoms with Gasteiger partial charge in [-0.3, -0.25) is 9.69 Å². The molecule has 0 saturated carbocycles. The van der Waals surface area contributed by atoms with Crippen molar-refractivity contribution in [1.82, 2.24) is 9.88 Å². The lowest BCUT2D eigenvalue weighted by Crippen LogP contribution is -2.35. The first-order valence-corrected chi connectivity index (χ1v) is 7.67. The second kappa shape index (κ2) is 5.73. The van der Waals surface area contributed by atoms with Crippen LogP contribution in [-0.2, 0) is 11.3 Å². The molecule has 1 aliphatic rings. The van der Waals surface area contributed by atoms with Gasteiger partial charge in [0.15, 0.2) is 0 Å². The monoisotopic (exact) mass is 324 g/mol. The first kappa shape index (κ1) is 15.1. The number of aromatic nitrogens is 1. The molecule has 22 heavy (non-hydrogen) atoms. The number of aliphatic carboxylic acids is 1. The molecule has 1 aromatic carbocycles. The van der Waals surface area contributed by atoms with E-state index >= 15 is 0 Å². The van der Waals surface area contributed by atoms with Crippen LogP contribution in [0.4, 0.5) is 8.78 Å². The Morgan fingerprint density at radius 2 is 2.14 bits per heavy atom. The second-order valence-corrected chi connectivity index (χ2v) is 6.19. The van der Waals surface area contributed by atoms with Gasteiger partial charge in [-0.15, -0.1) is 11.3 Å². The third kappa shape index (κ3) is 3.15. The Morgan fingerprint density at radius 3 is 2.82 bits per heavy atom. The van der Waals surface area contributed by atoms with Crippen molar-refractivity contribution in [2.75, 3.05) is 6.54 Å². The van der Waals surface area contributed by atoms with Crippen LogP contribution in [0.2, 0.25) is 0 Å². The van der Waals surface area contributed by atoms with E-state index in [2.05, 4.69) is 4.98 Å². The van der Waals surface area contributed by atoms with Crippen LogP contribution in [0, 0.1) is 0 Å². The molecule has 1 fully saturated rings. The number of rotatable bonds is 4. The van der Waals surface area contributed by atoms with Gasteiger partial charge >= 0.3 is 5.97 Å². The van der Waals surface area contributed by atoms with Gasteiger partial charge < -0.3 is 5.11 Å². The molecule has 7 heteroatoms. The summed E-state index contributed by atoms with van der Waals surface area (Å²) in [5.74, 6) is -4.17. The summed E-state index contributed by atoms with van der Waals surface area (Å²) in [7, 11) is 0. The molecule has 1 saturated heterocycles. The van der Waals surface area contributed by atoms with E-state index in [1.54, 1.807) is 5.38 Å². The van der Waals surface area contributed by atoms with Crippen molar-refractivity contribution >= 4 is 17.3 Å². The molecule has 1 aromatic heterocycles. The van der Waals surface area contributed by atoms with Crippen LogP contribution in [-0.4, -0.2) is 39.5 Å². The molecular weight excluding hydrogens is 310 g/mol. The van der Waals surface area contributed by atoms with Gasteiger partial charge in [0.1, 0.15) is 11.0 Å². The van der Waals surface area contributed by atoms with Crippen LogP contribution in [0.15, 0.2) is 35.7 Å². The van der Waals surface area contributed by atoms with Gasteiger partial charge in [0.05, 0.1) is 12.2 Å². The van der Waals surface area contributed by atoms with Crippen molar-refractivity contribution in [3.05, 3.63) is 41.4 Å². The highest BCUT2D eigenvalue weighted by Gasteiger charge is 2.48. The number of nitrogens with zero attached hydrogens (tertiary/aromatic N) is 2. The average molecular weight is 324 g/mol. The lowest BCUT2D eigenvalue weighted by molar-refractivity contribution is -0.142. The van der Waals surface area contributed by atoms with Crippen molar-refractivity contribution in [3.63, 3.8) is 0 Å². The van der Waals surface area contributed by atoms with E-state index in [4.69, 9.17) is 5.11 Å². The normalized spacial score (nSPS) is 21.1. The fraction of sp³-hybridized carbons (Fsp3) is 0.333. The maximum atomic E-state index is 13.5. The largest absolute Gasteiger partial charge is 0.480 e. The quantitative estimate of drug-likeness (QED) is 0.939. The topological polar surface area (TPSA) is 53.4 Å². The maximum Gasteiger partial charge on any atom is 0.321 e. The van der Waals surface area contributed by atoms with E-state index in [9.17, 15) is 13.6 Å². The third-order valence-electron chi connectivity index (χ3n) is 3.59. The summed E-state index contributed by atoms with van der Waals surface area (Å²) in [4.78, 5) is 16.8. The third-order valence-corrected chi connectivity index (χ3v) is 4.53. The summed E-state index contributed by atoms with van der Waals surface area (Å²) in [5.41, 5.74) is 1.58. The van der Waals surface area contributed by atoms with Crippen LogP contribution >= 0.6 is 11.3 Å². The number of thiazole rings is 1. The Balaban J connectivity index is 1.76. The zero-order valence-corrected chi connectivity index (χ0v) is 12.4. The molecule has 0 unspecified atom stereocenters. The van der Waals surface area contributed by atoms with Crippen LogP contribution in [0.1, 0.15) is 12.1 Å². The highest BCUT2D eigenvalue weighted by Crippen LogP contribution is 2.33. The molecule has 4 nitrogen and oxygen atoms in total. The number of likely N-dealkylation sites (tertiary alicyclic amines) is 1. The molecule has 0 aliphatic carbocycles. The number of carboxylic acids is 1. The number of hydrogen-bond acceptors (Lipinski definition) is 4. The minimum atomic E-state index is -2.96. The number of hydrogen-bond donors (Lipinski definition) is 1.